The molecule has 4 aromatic rings. The first-order chi connectivity index (χ1) is 13.0. The predicted molar refractivity (Wildman–Crippen MR) is 114 cm³/mol. The van der Waals surface area contributed by atoms with Crippen molar-refractivity contribution in [3.8, 4) is 11.3 Å². The highest BCUT2D eigenvalue weighted by molar-refractivity contribution is 7.16. The zero-order valence-electron chi connectivity index (χ0n) is 15.5. The van der Waals surface area contributed by atoms with Crippen LogP contribution in [0.4, 0.5) is 5.13 Å². The number of aromatic nitrogens is 1. The molecule has 0 bridgehead atoms. The lowest BCUT2D eigenvalue weighted by Gasteiger charge is -2.06. The minimum Gasteiger partial charge on any atom is -0.298 e. The molecule has 4 heteroatoms. The molecule has 1 amide bonds. The van der Waals surface area contributed by atoms with Crippen LogP contribution in [0.25, 0.3) is 22.0 Å². The molecule has 134 valence electrons. The molecule has 1 N–H and O–H groups in total. The van der Waals surface area contributed by atoms with Crippen LogP contribution in [0, 0.1) is 20.8 Å². The Bertz CT molecular complexity index is 1150. The maximum absolute atomic E-state index is 12.9. The van der Waals surface area contributed by atoms with Gasteiger partial charge in [-0.15, -0.1) is 11.3 Å². The standard InChI is InChI=1S/C23H20N2OS/c1-14-11-12-18(15(2)13-14)21-16(3)27-23(24-21)25-22(26)20-10-6-8-17-7-4-5-9-19(17)20/h4-13H,1-3H3,(H,24,25,26). The van der Waals surface area contributed by atoms with Crippen molar-refractivity contribution in [2.24, 2.45) is 0 Å². The van der Waals surface area contributed by atoms with Gasteiger partial charge in [0.25, 0.3) is 5.91 Å². The summed E-state index contributed by atoms with van der Waals surface area (Å²) < 4.78 is 0. The van der Waals surface area contributed by atoms with Gasteiger partial charge in [0.15, 0.2) is 5.13 Å². The second-order valence-corrected chi connectivity index (χ2v) is 7.93. The Labute approximate surface area is 162 Å². The quantitative estimate of drug-likeness (QED) is 0.469. The third-order valence-electron chi connectivity index (χ3n) is 4.69. The summed E-state index contributed by atoms with van der Waals surface area (Å²) in [6.07, 6.45) is 0. The van der Waals surface area contributed by atoms with Crippen LogP contribution in [-0.4, -0.2) is 10.9 Å². The fourth-order valence-corrected chi connectivity index (χ4v) is 4.19. The van der Waals surface area contributed by atoms with Crippen LogP contribution in [0.3, 0.4) is 0 Å². The minimum atomic E-state index is -0.132. The number of benzene rings is 3. The second-order valence-electron chi connectivity index (χ2n) is 6.72. The summed E-state index contributed by atoms with van der Waals surface area (Å²) in [4.78, 5) is 18.6. The number of fused-ring (bicyclic) bond motifs is 1. The van der Waals surface area contributed by atoms with Crippen molar-refractivity contribution < 1.29 is 4.79 Å². The zero-order chi connectivity index (χ0) is 19.0. The zero-order valence-corrected chi connectivity index (χ0v) is 16.4. The van der Waals surface area contributed by atoms with Crippen molar-refractivity contribution in [3.05, 3.63) is 82.2 Å². The number of aryl methyl sites for hydroxylation is 3. The number of amides is 1. The highest BCUT2D eigenvalue weighted by Gasteiger charge is 2.16. The molecular formula is C23H20N2OS. The van der Waals surface area contributed by atoms with Crippen LogP contribution in [0.15, 0.2) is 60.7 Å². The van der Waals surface area contributed by atoms with E-state index in [0.29, 0.717) is 10.7 Å². The van der Waals surface area contributed by atoms with Gasteiger partial charge >= 0.3 is 0 Å². The first-order valence-electron chi connectivity index (χ1n) is 8.87. The minimum absolute atomic E-state index is 0.132. The van der Waals surface area contributed by atoms with Crippen molar-refractivity contribution >= 4 is 33.1 Å². The molecule has 0 spiro atoms. The van der Waals surface area contributed by atoms with Crippen LogP contribution >= 0.6 is 11.3 Å². The average Bonchev–Trinajstić information content (AvgIpc) is 3.01. The average molecular weight is 372 g/mol. The van der Waals surface area contributed by atoms with E-state index in [1.54, 1.807) is 0 Å². The number of anilines is 1. The fraction of sp³-hybridized carbons (Fsp3) is 0.130. The maximum atomic E-state index is 12.9. The summed E-state index contributed by atoms with van der Waals surface area (Å²) in [5.41, 5.74) is 5.13. The lowest BCUT2D eigenvalue weighted by molar-refractivity contribution is 0.102. The third kappa shape index (κ3) is 3.36. The van der Waals surface area contributed by atoms with Gasteiger partial charge in [0.1, 0.15) is 0 Å². The number of hydrogen-bond acceptors (Lipinski definition) is 3. The Balaban J connectivity index is 1.66. The molecule has 0 atom stereocenters. The summed E-state index contributed by atoms with van der Waals surface area (Å²) >= 11 is 1.51. The molecule has 3 aromatic carbocycles. The Morgan fingerprint density at radius 3 is 2.56 bits per heavy atom. The van der Waals surface area contributed by atoms with Crippen molar-refractivity contribution in [2.75, 3.05) is 5.32 Å². The van der Waals surface area contributed by atoms with Gasteiger partial charge in [-0.05, 0) is 43.2 Å². The van der Waals surface area contributed by atoms with Gasteiger partial charge in [0.05, 0.1) is 5.69 Å². The summed E-state index contributed by atoms with van der Waals surface area (Å²) in [6.45, 7) is 6.22. The number of hydrogen-bond donors (Lipinski definition) is 1. The molecule has 0 saturated heterocycles. The second kappa shape index (κ2) is 6.97. The highest BCUT2D eigenvalue weighted by Crippen LogP contribution is 2.33. The molecule has 0 unspecified atom stereocenters. The van der Waals surface area contributed by atoms with Gasteiger partial charge < -0.3 is 0 Å². The Kier molecular flexibility index (Phi) is 4.50. The van der Waals surface area contributed by atoms with Gasteiger partial charge in [-0.25, -0.2) is 4.98 Å². The van der Waals surface area contributed by atoms with E-state index >= 15 is 0 Å². The Morgan fingerprint density at radius 1 is 0.963 bits per heavy atom. The van der Waals surface area contributed by atoms with Crippen molar-refractivity contribution in [3.63, 3.8) is 0 Å². The van der Waals surface area contributed by atoms with Crippen molar-refractivity contribution in [1.29, 1.82) is 0 Å². The summed E-state index contributed by atoms with van der Waals surface area (Å²) in [5.74, 6) is -0.132. The summed E-state index contributed by atoms with van der Waals surface area (Å²) in [6, 6.07) is 20.0. The topological polar surface area (TPSA) is 42.0 Å². The molecule has 0 saturated carbocycles. The summed E-state index contributed by atoms with van der Waals surface area (Å²) in [7, 11) is 0. The lowest BCUT2D eigenvalue weighted by Crippen LogP contribution is -2.12. The van der Waals surface area contributed by atoms with E-state index in [4.69, 9.17) is 4.98 Å². The van der Waals surface area contributed by atoms with E-state index in [9.17, 15) is 4.79 Å². The lowest BCUT2D eigenvalue weighted by atomic mass is 10.0. The van der Waals surface area contributed by atoms with E-state index in [1.165, 1.54) is 22.5 Å². The Morgan fingerprint density at radius 2 is 1.74 bits per heavy atom. The van der Waals surface area contributed by atoms with Crippen LogP contribution in [0.5, 0.6) is 0 Å². The highest BCUT2D eigenvalue weighted by atomic mass is 32.1. The van der Waals surface area contributed by atoms with Crippen molar-refractivity contribution in [2.45, 2.75) is 20.8 Å². The van der Waals surface area contributed by atoms with Crippen LogP contribution in [0.1, 0.15) is 26.4 Å². The van der Waals surface area contributed by atoms with E-state index in [-0.39, 0.29) is 5.91 Å². The van der Waals surface area contributed by atoms with E-state index < -0.39 is 0 Å². The van der Waals surface area contributed by atoms with Crippen LogP contribution < -0.4 is 5.32 Å². The molecule has 0 aliphatic carbocycles. The fourth-order valence-electron chi connectivity index (χ4n) is 3.37. The van der Waals surface area contributed by atoms with Crippen LogP contribution in [0.2, 0.25) is 0 Å². The normalized spacial score (nSPS) is 10.9. The monoisotopic (exact) mass is 372 g/mol. The number of nitrogens with one attached hydrogen (secondary N) is 1. The van der Waals surface area contributed by atoms with Gasteiger partial charge in [-0.3, -0.25) is 10.1 Å². The maximum Gasteiger partial charge on any atom is 0.258 e. The van der Waals surface area contributed by atoms with Gasteiger partial charge in [0.2, 0.25) is 0 Å². The summed E-state index contributed by atoms with van der Waals surface area (Å²) in [5, 5.41) is 5.60. The van der Waals surface area contributed by atoms with E-state index in [2.05, 4.69) is 37.4 Å². The van der Waals surface area contributed by atoms with Gasteiger partial charge in [0, 0.05) is 16.0 Å². The molecule has 3 nitrogen and oxygen atoms in total. The first-order valence-corrected chi connectivity index (χ1v) is 9.69. The molecule has 1 heterocycles. The number of rotatable bonds is 3. The molecule has 0 radical (unpaired) electrons. The SMILES string of the molecule is Cc1ccc(-c2nc(NC(=O)c3cccc4ccccc34)sc2C)c(C)c1. The number of thiazole rings is 1. The van der Waals surface area contributed by atoms with E-state index in [1.807, 2.05) is 49.4 Å². The first kappa shape index (κ1) is 17.4. The molecule has 0 fully saturated rings. The van der Waals surface area contributed by atoms with Gasteiger partial charge in [-0.2, -0.15) is 0 Å². The van der Waals surface area contributed by atoms with Crippen molar-refractivity contribution in [1.82, 2.24) is 4.98 Å². The largest absolute Gasteiger partial charge is 0.298 e. The number of carbonyl (C=O) groups is 1. The van der Waals surface area contributed by atoms with Gasteiger partial charge in [-0.1, -0.05) is 60.2 Å². The smallest absolute Gasteiger partial charge is 0.258 e. The number of nitrogens with zero attached hydrogens (tertiary/aromatic N) is 1. The Hall–Kier alpha value is -2.98. The molecule has 0 aliphatic rings. The number of carbonyl (C=O) groups excluding carboxylic acids is 1. The molecule has 1 aromatic heterocycles. The molecular weight excluding hydrogens is 352 g/mol. The van der Waals surface area contributed by atoms with Crippen LogP contribution in [-0.2, 0) is 0 Å². The predicted octanol–water partition coefficient (Wildman–Crippen LogP) is 6.14. The van der Waals surface area contributed by atoms with E-state index in [0.717, 1.165) is 26.9 Å². The third-order valence-corrected chi connectivity index (χ3v) is 5.57. The molecule has 0 aliphatic heterocycles. The molecule has 4 rings (SSSR count). The molecule has 27 heavy (non-hydrogen) atoms.